The molecule has 3 rings (SSSR count). The predicted molar refractivity (Wildman–Crippen MR) is 110 cm³/mol. The molecule has 0 unspecified atom stereocenters. The number of pyridine rings is 1. The van der Waals surface area contributed by atoms with Gasteiger partial charge >= 0.3 is 0 Å². The third-order valence-corrected chi connectivity index (χ3v) is 5.14. The van der Waals surface area contributed by atoms with E-state index in [1.807, 2.05) is 30.1 Å². The zero-order valence-corrected chi connectivity index (χ0v) is 16.5. The number of anilines is 1. The Morgan fingerprint density at radius 2 is 1.81 bits per heavy atom. The van der Waals surface area contributed by atoms with Gasteiger partial charge in [0.05, 0.1) is 5.56 Å². The van der Waals surface area contributed by atoms with Crippen molar-refractivity contribution in [3.8, 4) is 0 Å². The molecule has 1 aromatic carbocycles. The quantitative estimate of drug-likeness (QED) is 0.754. The van der Waals surface area contributed by atoms with Crippen molar-refractivity contribution in [3.05, 3.63) is 59.8 Å². The Labute approximate surface area is 162 Å². The van der Waals surface area contributed by atoms with E-state index in [1.54, 1.807) is 6.20 Å². The average molecular weight is 367 g/mol. The second-order valence-electron chi connectivity index (χ2n) is 7.23. The molecule has 2 heterocycles. The zero-order chi connectivity index (χ0) is 19.1. The highest BCUT2D eigenvalue weighted by atomic mass is 16.2. The third-order valence-electron chi connectivity index (χ3n) is 5.14. The molecular formula is C22H30N4O. The summed E-state index contributed by atoms with van der Waals surface area (Å²) in [5.74, 6) is 1.01. The van der Waals surface area contributed by atoms with Crippen LogP contribution in [0.2, 0.25) is 0 Å². The lowest BCUT2D eigenvalue weighted by molar-refractivity contribution is 0.0628. The van der Waals surface area contributed by atoms with Crippen LogP contribution in [0.25, 0.3) is 0 Å². The minimum Gasteiger partial charge on any atom is -0.360 e. The highest BCUT2D eigenvalue weighted by molar-refractivity contribution is 5.94. The molecule has 5 heteroatoms. The van der Waals surface area contributed by atoms with E-state index in [4.69, 9.17) is 0 Å². The molecule has 2 aromatic rings. The predicted octanol–water partition coefficient (Wildman–Crippen LogP) is 3.28. The van der Waals surface area contributed by atoms with Crippen LogP contribution in [-0.4, -0.2) is 60.5 Å². The third kappa shape index (κ3) is 5.30. The zero-order valence-electron chi connectivity index (χ0n) is 16.5. The molecule has 0 spiro atoms. The molecule has 1 amide bonds. The minimum atomic E-state index is 0.0876. The Hall–Kier alpha value is -2.40. The van der Waals surface area contributed by atoms with Crippen LogP contribution in [0.5, 0.6) is 0 Å². The standard InChI is InChI=1S/C22H30N4O/c1-3-4-12-24(2)21-11-10-20(17-23-21)22(27)26-15-13-25(14-16-26)18-19-8-6-5-7-9-19/h5-11,17H,3-4,12-16,18H2,1-2H3. The fourth-order valence-electron chi connectivity index (χ4n) is 3.38. The van der Waals surface area contributed by atoms with Gasteiger partial charge in [-0.1, -0.05) is 43.7 Å². The Morgan fingerprint density at radius 3 is 2.44 bits per heavy atom. The van der Waals surface area contributed by atoms with Crippen LogP contribution in [-0.2, 0) is 6.54 Å². The van der Waals surface area contributed by atoms with Gasteiger partial charge in [-0.05, 0) is 24.1 Å². The van der Waals surface area contributed by atoms with Gasteiger partial charge in [0.15, 0.2) is 0 Å². The minimum absolute atomic E-state index is 0.0876. The first-order chi connectivity index (χ1) is 13.2. The smallest absolute Gasteiger partial charge is 0.255 e. The molecular weight excluding hydrogens is 336 g/mol. The fourth-order valence-corrected chi connectivity index (χ4v) is 3.38. The van der Waals surface area contributed by atoms with Gasteiger partial charge in [-0.15, -0.1) is 0 Å². The fraction of sp³-hybridized carbons (Fsp3) is 0.455. The second kappa shape index (κ2) is 9.51. The van der Waals surface area contributed by atoms with E-state index in [0.29, 0.717) is 5.56 Å². The highest BCUT2D eigenvalue weighted by Gasteiger charge is 2.22. The Morgan fingerprint density at radius 1 is 1.07 bits per heavy atom. The summed E-state index contributed by atoms with van der Waals surface area (Å²) < 4.78 is 0. The van der Waals surface area contributed by atoms with Crippen molar-refractivity contribution in [1.29, 1.82) is 0 Å². The van der Waals surface area contributed by atoms with Crippen molar-refractivity contribution in [3.63, 3.8) is 0 Å². The van der Waals surface area contributed by atoms with E-state index in [0.717, 1.165) is 57.9 Å². The van der Waals surface area contributed by atoms with Crippen molar-refractivity contribution in [2.45, 2.75) is 26.3 Å². The first kappa shape index (κ1) is 19.4. The monoisotopic (exact) mass is 366 g/mol. The van der Waals surface area contributed by atoms with Crippen LogP contribution >= 0.6 is 0 Å². The molecule has 0 bridgehead atoms. The summed E-state index contributed by atoms with van der Waals surface area (Å²) in [4.78, 5) is 23.7. The number of carbonyl (C=O) groups excluding carboxylic acids is 1. The van der Waals surface area contributed by atoms with Crippen molar-refractivity contribution in [1.82, 2.24) is 14.8 Å². The maximum Gasteiger partial charge on any atom is 0.255 e. The number of amides is 1. The molecule has 1 aliphatic rings. The number of nitrogens with zero attached hydrogens (tertiary/aromatic N) is 4. The molecule has 0 saturated carbocycles. The first-order valence-electron chi connectivity index (χ1n) is 9.90. The van der Waals surface area contributed by atoms with Gasteiger partial charge in [-0.3, -0.25) is 9.69 Å². The van der Waals surface area contributed by atoms with Gasteiger partial charge in [-0.25, -0.2) is 4.98 Å². The van der Waals surface area contributed by atoms with Crippen LogP contribution in [0.15, 0.2) is 48.7 Å². The summed E-state index contributed by atoms with van der Waals surface area (Å²) in [5, 5.41) is 0. The SMILES string of the molecule is CCCCN(C)c1ccc(C(=O)N2CCN(Cc3ccccc3)CC2)cn1. The number of hydrogen-bond acceptors (Lipinski definition) is 4. The number of benzene rings is 1. The van der Waals surface area contributed by atoms with E-state index >= 15 is 0 Å². The number of piperazine rings is 1. The van der Waals surface area contributed by atoms with Crippen LogP contribution in [0, 0.1) is 0 Å². The first-order valence-corrected chi connectivity index (χ1v) is 9.90. The van der Waals surface area contributed by atoms with Gasteiger partial charge in [-0.2, -0.15) is 0 Å². The van der Waals surface area contributed by atoms with Crippen molar-refractivity contribution in [2.75, 3.05) is 44.7 Å². The maximum atomic E-state index is 12.8. The maximum absolute atomic E-state index is 12.8. The normalized spacial score (nSPS) is 15.0. The lowest BCUT2D eigenvalue weighted by Crippen LogP contribution is -2.48. The summed E-state index contributed by atoms with van der Waals surface area (Å²) in [6.45, 7) is 7.47. The van der Waals surface area contributed by atoms with Gasteiger partial charge in [0.2, 0.25) is 0 Å². The van der Waals surface area contributed by atoms with Crippen molar-refractivity contribution >= 4 is 11.7 Å². The molecule has 0 N–H and O–H groups in total. The van der Waals surface area contributed by atoms with E-state index in [-0.39, 0.29) is 5.91 Å². The van der Waals surface area contributed by atoms with Crippen LogP contribution in [0.3, 0.4) is 0 Å². The van der Waals surface area contributed by atoms with E-state index in [9.17, 15) is 4.79 Å². The number of rotatable bonds is 7. The molecule has 1 aromatic heterocycles. The molecule has 0 atom stereocenters. The molecule has 1 fully saturated rings. The average Bonchev–Trinajstić information content (AvgIpc) is 2.73. The summed E-state index contributed by atoms with van der Waals surface area (Å²) in [6.07, 6.45) is 4.03. The molecule has 1 aliphatic heterocycles. The number of hydrogen-bond donors (Lipinski definition) is 0. The number of unbranched alkanes of at least 4 members (excludes halogenated alkanes) is 1. The summed E-state index contributed by atoms with van der Waals surface area (Å²) in [6, 6.07) is 14.4. The molecule has 1 saturated heterocycles. The lowest BCUT2D eigenvalue weighted by Gasteiger charge is -2.34. The number of aromatic nitrogens is 1. The van der Waals surface area contributed by atoms with Crippen LogP contribution in [0.1, 0.15) is 35.7 Å². The van der Waals surface area contributed by atoms with Crippen molar-refractivity contribution in [2.24, 2.45) is 0 Å². The van der Waals surface area contributed by atoms with Crippen molar-refractivity contribution < 1.29 is 4.79 Å². The van der Waals surface area contributed by atoms with Crippen LogP contribution < -0.4 is 4.90 Å². The van der Waals surface area contributed by atoms with Gasteiger partial charge in [0.25, 0.3) is 5.91 Å². The van der Waals surface area contributed by atoms with E-state index in [2.05, 4.69) is 46.0 Å². The molecule has 27 heavy (non-hydrogen) atoms. The number of carbonyl (C=O) groups is 1. The second-order valence-corrected chi connectivity index (χ2v) is 7.23. The molecule has 0 radical (unpaired) electrons. The van der Waals surface area contributed by atoms with E-state index < -0.39 is 0 Å². The molecule has 144 valence electrons. The van der Waals surface area contributed by atoms with Gasteiger partial charge < -0.3 is 9.80 Å². The largest absolute Gasteiger partial charge is 0.360 e. The Balaban J connectivity index is 1.51. The van der Waals surface area contributed by atoms with Gasteiger partial charge in [0, 0.05) is 52.5 Å². The Bertz CT molecular complexity index is 709. The molecule has 5 nitrogen and oxygen atoms in total. The topological polar surface area (TPSA) is 39.7 Å². The summed E-state index contributed by atoms with van der Waals surface area (Å²) >= 11 is 0. The van der Waals surface area contributed by atoms with E-state index in [1.165, 1.54) is 5.56 Å². The van der Waals surface area contributed by atoms with Crippen LogP contribution in [0.4, 0.5) is 5.82 Å². The molecule has 0 aliphatic carbocycles. The highest BCUT2D eigenvalue weighted by Crippen LogP contribution is 2.14. The lowest BCUT2D eigenvalue weighted by atomic mass is 10.2. The summed E-state index contributed by atoms with van der Waals surface area (Å²) in [7, 11) is 2.05. The Kier molecular flexibility index (Phi) is 6.82. The van der Waals surface area contributed by atoms with Gasteiger partial charge in [0.1, 0.15) is 5.82 Å². The summed E-state index contributed by atoms with van der Waals surface area (Å²) in [5.41, 5.74) is 2.00.